The number of benzene rings is 1. The Balaban J connectivity index is 1.33. The Kier molecular flexibility index (Phi) is 8.24. The van der Waals surface area contributed by atoms with Crippen LogP contribution in [-0.2, 0) is 14.6 Å². The molecule has 0 spiro atoms. The summed E-state index contributed by atoms with van der Waals surface area (Å²) < 4.78 is 64.7. The van der Waals surface area contributed by atoms with Gasteiger partial charge in [0.2, 0.25) is 5.91 Å². The van der Waals surface area contributed by atoms with Crippen molar-refractivity contribution in [3.63, 3.8) is 0 Å². The normalized spacial score (nSPS) is 23.8. The molecule has 2 aromatic rings. The van der Waals surface area contributed by atoms with Gasteiger partial charge < -0.3 is 10.6 Å². The van der Waals surface area contributed by atoms with Gasteiger partial charge in [-0.1, -0.05) is 24.8 Å². The maximum Gasteiger partial charge on any atom is 0.417 e. The molecule has 2 aliphatic carbocycles. The number of fused-ring (bicyclic) bond motifs is 1. The highest BCUT2D eigenvalue weighted by Crippen LogP contribution is 2.38. The molecule has 1 aliphatic heterocycles. The molecule has 3 fully saturated rings. The number of hydrogen-bond donors (Lipinski definition) is 2. The van der Waals surface area contributed by atoms with Crippen molar-refractivity contribution < 1.29 is 26.4 Å². The zero-order chi connectivity index (χ0) is 28.5. The molecule has 11 heteroatoms. The van der Waals surface area contributed by atoms with E-state index in [0.717, 1.165) is 44.2 Å². The lowest BCUT2D eigenvalue weighted by atomic mass is 9.89. The molecule has 1 aromatic heterocycles. The highest BCUT2D eigenvalue weighted by molar-refractivity contribution is 7.91. The van der Waals surface area contributed by atoms with Crippen LogP contribution in [0.5, 0.6) is 0 Å². The van der Waals surface area contributed by atoms with Gasteiger partial charge in [-0.15, -0.1) is 0 Å². The first-order chi connectivity index (χ1) is 19.0. The third-order valence-corrected chi connectivity index (χ3v) is 9.71. The van der Waals surface area contributed by atoms with Gasteiger partial charge in [-0.2, -0.15) is 13.2 Å². The van der Waals surface area contributed by atoms with Crippen LogP contribution in [0.25, 0.3) is 22.4 Å². The van der Waals surface area contributed by atoms with E-state index in [-0.39, 0.29) is 41.6 Å². The standard InChI is InChI=1S/C29H35F3N4O3S/c1-19(29(30,31)32)27-24-5-2-6-26(25(24)18-22(35-27)4-3-13-33-28(37)20-7-8-20)34-21-9-11-23(12-10-21)36-14-16-40(38,39)17-15-36/h2-6,18,20-21,23,34H,1,7-17H2,(H,33,37)/b4-3+. The van der Waals surface area contributed by atoms with Crippen LogP contribution in [0.4, 0.5) is 18.9 Å². The molecule has 5 rings (SSSR count). The van der Waals surface area contributed by atoms with Crippen LogP contribution < -0.4 is 10.6 Å². The number of amides is 1. The lowest BCUT2D eigenvalue weighted by Crippen LogP contribution is -2.48. The number of carbonyl (C=O) groups excluding carboxylic acids is 1. The zero-order valence-electron chi connectivity index (χ0n) is 22.3. The minimum Gasteiger partial charge on any atom is -0.382 e. The number of alkyl halides is 3. The van der Waals surface area contributed by atoms with Crippen LogP contribution in [0.15, 0.2) is 36.9 Å². The molecule has 3 aliphatic rings. The number of rotatable bonds is 8. The van der Waals surface area contributed by atoms with Gasteiger partial charge in [0.1, 0.15) is 0 Å². The number of anilines is 1. The zero-order valence-corrected chi connectivity index (χ0v) is 23.2. The lowest BCUT2D eigenvalue weighted by molar-refractivity contribution is -0.122. The highest BCUT2D eigenvalue weighted by atomic mass is 32.2. The van der Waals surface area contributed by atoms with Gasteiger partial charge in [0.05, 0.1) is 28.5 Å². The predicted octanol–water partition coefficient (Wildman–Crippen LogP) is 4.80. The molecule has 7 nitrogen and oxygen atoms in total. The Morgan fingerprint density at radius 2 is 1.77 bits per heavy atom. The molecule has 1 aromatic carbocycles. The first kappa shape index (κ1) is 28.6. The van der Waals surface area contributed by atoms with Crippen LogP contribution >= 0.6 is 0 Å². The average Bonchev–Trinajstić information content (AvgIpc) is 3.76. The van der Waals surface area contributed by atoms with E-state index in [0.29, 0.717) is 35.6 Å². The summed E-state index contributed by atoms with van der Waals surface area (Å²) in [4.78, 5) is 18.5. The Hall–Kier alpha value is -2.92. The Morgan fingerprint density at radius 3 is 2.42 bits per heavy atom. The summed E-state index contributed by atoms with van der Waals surface area (Å²) in [6.45, 7) is 4.74. The predicted molar refractivity (Wildman–Crippen MR) is 151 cm³/mol. The molecular formula is C29H35F3N4O3S. The number of sulfone groups is 1. The molecule has 2 saturated carbocycles. The van der Waals surface area contributed by atoms with E-state index >= 15 is 0 Å². The fourth-order valence-electron chi connectivity index (χ4n) is 5.60. The molecular weight excluding hydrogens is 541 g/mol. The van der Waals surface area contributed by atoms with E-state index in [1.54, 1.807) is 30.4 Å². The van der Waals surface area contributed by atoms with Gasteiger partial charge >= 0.3 is 6.18 Å². The van der Waals surface area contributed by atoms with Gasteiger partial charge in [0.15, 0.2) is 9.84 Å². The average molecular weight is 577 g/mol. The summed E-state index contributed by atoms with van der Waals surface area (Å²) >= 11 is 0. The first-order valence-electron chi connectivity index (χ1n) is 13.9. The van der Waals surface area contributed by atoms with E-state index < -0.39 is 21.6 Å². The monoisotopic (exact) mass is 576 g/mol. The number of aromatic nitrogens is 1. The molecule has 2 N–H and O–H groups in total. The van der Waals surface area contributed by atoms with E-state index in [2.05, 4.69) is 27.1 Å². The van der Waals surface area contributed by atoms with E-state index in [1.807, 2.05) is 6.07 Å². The molecule has 40 heavy (non-hydrogen) atoms. The highest BCUT2D eigenvalue weighted by Gasteiger charge is 2.35. The summed E-state index contributed by atoms with van der Waals surface area (Å²) in [5, 5.41) is 7.37. The van der Waals surface area contributed by atoms with Gasteiger partial charge in [-0.05, 0) is 56.7 Å². The van der Waals surface area contributed by atoms with Crippen LogP contribution in [0.2, 0.25) is 0 Å². The van der Waals surface area contributed by atoms with Crippen LogP contribution in [0.3, 0.4) is 0 Å². The van der Waals surface area contributed by atoms with Crippen molar-refractivity contribution in [2.45, 2.75) is 56.8 Å². The molecule has 1 amide bonds. The molecule has 2 heterocycles. The van der Waals surface area contributed by atoms with Crippen LogP contribution in [0.1, 0.15) is 49.9 Å². The SMILES string of the molecule is C=C(c1nc(/C=C/CNC(=O)C2CC2)cc2c(NC3CCC(N4CCS(=O)(=O)CC4)CC3)cccc12)C(F)(F)F. The van der Waals surface area contributed by atoms with Gasteiger partial charge in [-0.25, -0.2) is 13.4 Å². The van der Waals surface area contributed by atoms with Gasteiger partial charge in [0, 0.05) is 54.1 Å². The second-order valence-electron chi connectivity index (χ2n) is 11.0. The Morgan fingerprint density at radius 1 is 1.07 bits per heavy atom. The quantitative estimate of drug-likeness (QED) is 0.469. The topological polar surface area (TPSA) is 91.4 Å². The minimum absolute atomic E-state index is 0.00575. The molecule has 216 valence electrons. The van der Waals surface area contributed by atoms with Crippen LogP contribution in [-0.4, -0.2) is 73.6 Å². The van der Waals surface area contributed by atoms with E-state index in [4.69, 9.17) is 0 Å². The summed E-state index contributed by atoms with van der Waals surface area (Å²) in [5.41, 5.74) is -0.123. The van der Waals surface area contributed by atoms with Crippen molar-refractivity contribution in [2.24, 2.45) is 5.92 Å². The van der Waals surface area contributed by atoms with Gasteiger partial charge in [-0.3, -0.25) is 9.69 Å². The number of nitrogens with zero attached hydrogens (tertiary/aromatic N) is 2. The summed E-state index contributed by atoms with van der Waals surface area (Å²) in [5.74, 6) is 0.497. The van der Waals surface area contributed by atoms with Crippen molar-refractivity contribution in [1.82, 2.24) is 15.2 Å². The number of halogens is 3. The molecule has 1 saturated heterocycles. The van der Waals surface area contributed by atoms with E-state index in [1.165, 1.54) is 0 Å². The van der Waals surface area contributed by atoms with Crippen molar-refractivity contribution in [1.29, 1.82) is 0 Å². The first-order valence-corrected chi connectivity index (χ1v) is 15.7. The van der Waals surface area contributed by atoms with Gasteiger partial charge in [0.25, 0.3) is 0 Å². The third-order valence-electron chi connectivity index (χ3n) is 8.11. The van der Waals surface area contributed by atoms with Crippen molar-refractivity contribution >= 4 is 43.9 Å². The van der Waals surface area contributed by atoms with Crippen molar-refractivity contribution in [3.8, 4) is 0 Å². The smallest absolute Gasteiger partial charge is 0.382 e. The Labute approximate surface area is 232 Å². The number of pyridine rings is 1. The largest absolute Gasteiger partial charge is 0.417 e. The second kappa shape index (κ2) is 11.5. The molecule has 0 bridgehead atoms. The molecule has 0 unspecified atom stereocenters. The van der Waals surface area contributed by atoms with Crippen molar-refractivity contribution in [3.05, 3.63) is 48.3 Å². The maximum atomic E-state index is 13.7. The fraction of sp³-hybridized carbons (Fsp3) is 0.517. The second-order valence-corrected chi connectivity index (χ2v) is 13.3. The Bertz CT molecular complexity index is 1400. The van der Waals surface area contributed by atoms with E-state index in [9.17, 15) is 26.4 Å². The van der Waals surface area contributed by atoms with Crippen LogP contribution in [0, 0.1) is 5.92 Å². The number of hydrogen-bond acceptors (Lipinski definition) is 6. The summed E-state index contributed by atoms with van der Waals surface area (Å²) in [6.07, 6.45) is 4.10. The number of carbonyl (C=O) groups is 1. The van der Waals surface area contributed by atoms with Crippen molar-refractivity contribution in [2.75, 3.05) is 36.5 Å². The minimum atomic E-state index is -4.63. The molecule has 0 radical (unpaired) electrons. The number of nitrogens with one attached hydrogen (secondary N) is 2. The summed E-state index contributed by atoms with van der Waals surface area (Å²) in [6, 6.07) is 7.49. The lowest BCUT2D eigenvalue weighted by Gasteiger charge is -2.39. The summed E-state index contributed by atoms with van der Waals surface area (Å²) in [7, 11) is -2.92. The molecule has 0 atom stereocenters. The third kappa shape index (κ3) is 6.86. The maximum absolute atomic E-state index is 13.7. The number of allylic oxidation sites excluding steroid dienone is 1. The fourth-order valence-corrected chi connectivity index (χ4v) is 6.83.